The smallest absolute Gasteiger partial charge is 0.427 e. The highest BCUT2D eigenvalue weighted by atomic mass is 32.2. The molecule has 3 rings (SSSR count). The van der Waals surface area contributed by atoms with Gasteiger partial charge in [0.2, 0.25) is 17.9 Å². The molecular weight excluding hydrogens is 545 g/mol. The van der Waals surface area contributed by atoms with E-state index in [-0.39, 0.29) is 35.9 Å². The highest BCUT2D eigenvalue weighted by Crippen LogP contribution is 2.40. The van der Waals surface area contributed by atoms with Gasteiger partial charge in [-0.1, -0.05) is 0 Å². The van der Waals surface area contributed by atoms with Crippen molar-refractivity contribution in [3.63, 3.8) is 0 Å². The summed E-state index contributed by atoms with van der Waals surface area (Å²) in [6, 6.07) is 3.58. The van der Waals surface area contributed by atoms with Crippen LogP contribution in [-0.4, -0.2) is 68.0 Å². The van der Waals surface area contributed by atoms with Crippen LogP contribution < -0.4 is 19.7 Å². The molecular formula is C21H24F5N5O6S. The van der Waals surface area contributed by atoms with Crippen LogP contribution in [0.3, 0.4) is 0 Å². The van der Waals surface area contributed by atoms with Crippen LogP contribution in [0, 0.1) is 0 Å². The Hall–Kier alpha value is -3.63. The molecule has 11 nitrogen and oxygen atoms in total. The molecule has 2 aromatic rings. The van der Waals surface area contributed by atoms with Gasteiger partial charge in [0.25, 0.3) is 10.0 Å². The largest absolute Gasteiger partial charge is 0.484 e. The van der Waals surface area contributed by atoms with Gasteiger partial charge in [-0.15, -0.1) is 0 Å². The monoisotopic (exact) mass is 569 g/mol. The summed E-state index contributed by atoms with van der Waals surface area (Å²) in [6.07, 6.45) is -10.2. The Labute approximate surface area is 213 Å². The van der Waals surface area contributed by atoms with Crippen LogP contribution in [0.5, 0.6) is 5.75 Å². The number of alkyl halides is 5. The Kier molecular flexibility index (Phi) is 8.09. The number of fused-ring (bicyclic) bond motifs is 1. The number of hydrogen-bond acceptors (Lipinski definition) is 7. The lowest BCUT2D eigenvalue weighted by molar-refractivity contribution is -0.242. The topological polar surface area (TPSA) is 143 Å². The summed E-state index contributed by atoms with van der Waals surface area (Å²) in [4.78, 5) is 23.0. The third kappa shape index (κ3) is 6.43. The molecule has 2 amide bonds. The molecule has 1 aliphatic rings. The summed E-state index contributed by atoms with van der Waals surface area (Å²) in [5.41, 5.74) is -3.46. The lowest BCUT2D eigenvalue weighted by Gasteiger charge is -2.35. The molecule has 1 unspecified atom stereocenters. The van der Waals surface area contributed by atoms with Gasteiger partial charge in [-0.2, -0.15) is 18.3 Å². The molecule has 0 fully saturated rings. The Morgan fingerprint density at radius 2 is 1.97 bits per heavy atom. The van der Waals surface area contributed by atoms with Crippen LogP contribution in [0.4, 0.5) is 38.1 Å². The van der Waals surface area contributed by atoms with Gasteiger partial charge in [0.05, 0.1) is 37.1 Å². The van der Waals surface area contributed by atoms with Crippen molar-refractivity contribution in [2.24, 2.45) is 0 Å². The predicted octanol–water partition coefficient (Wildman–Crippen LogP) is 3.20. The first-order valence-electron chi connectivity index (χ1n) is 11.0. The van der Waals surface area contributed by atoms with Gasteiger partial charge in [0, 0.05) is 12.6 Å². The van der Waals surface area contributed by atoms with Crippen LogP contribution in [0.1, 0.15) is 26.5 Å². The van der Waals surface area contributed by atoms with E-state index in [1.54, 1.807) is 0 Å². The number of ether oxygens (including phenoxy) is 2. The lowest BCUT2D eigenvalue weighted by atomic mass is 10.1. The second-order valence-electron chi connectivity index (χ2n) is 8.73. The van der Waals surface area contributed by atoms with Crippen molar-refractivity contribution in [1.82, 2.24) is 15.5 Å². The first-order chi connectivity index (χ1) is 17.5. The average molecular weight is 570 g/mol. The molecule has 3 N–H and O–H groups in total. The number of carbonyl (C=O) groups is 2. The fraction of sp³-hybridized carbons (Fsp3) is 0.476. The molecule has 0 saturated heterocycles. The molecule has 0 aliphatic carbocycles. The van der Waals surface area contributed by atoms with Gasteiger partial charge in [0.15, 0.2) is 0 Å². The van der Waals surface area contributed by atoms with E-state index in [2.05, 4.69) is 25.6 Å². The van der Waals surface area contributed by atoms with Crippen molar-refractivity contribution in [2.45, 2.75) is 56.4 Å². The first-order valence-corrected chi connectivity index (χ1v) is 12.4. The maximum absolute atomic E-state index is 13.6. The number of carbonyl (C=O) groups excluding carboxylic acids is 2. The molecule has 0 bridgehead atoms. The van der Waals surface area contributed by atoms with E-state index in [0.29, 0.717) is 13.8 Å². The summed E-state index contributed by atoms with van der Waals surface area (Å²) in [5, 5.41) is 10.4. The van der Waals surface area contributed by atoms with Crippen molar-refractivity contribution in [3.05, 3.63) is 30.1 Å². The third-order valence-electron chi connectivity index (χ3n) is 5.35. The number of nitrogens with one attached hydrogen (secondary N) is 3. The molecule has 1 atom stereocenters. The Morgan fingerprint density at radius 1 is 1.29 bits per heavy atom. The van der Waals surface area contributed by atoms with Gasteiger partial charge in [-0.3, -0.25) is 19.5 Å². The van der Waals surface area contributed by atoms with Crippen LogP contribution in [0.2, 0.25) is 0 Å². The van der Waals surface area contributed by atoms with Crippen LogP contribution >= 0.6 is 0 Å². The summed E-state index contributed by atoms with van der Waals surface area (Å²) in [5.74, 6) is -0.439. The van der Waals surface area contributed by atoms with Crippen molar-refractivity contribution < 1.29 is 49.4 Å². The fourth-order valence-electron chi connectivity index (χ4n) is 3.36. The number of H-pyrrole nitrogens is 1. The molecule has 0 saturated carbocycles. The molecule has 210 valence electrons. The zero-order valence-corrected chi connectivity index (χ0v) is 21.0. The minimum atomic E-state index is -4.86. The number of benzene rings is 1. The van der Waals surface area contributed by atoms with Gasteiger partial charge in [-0.05, 0) is 32.0 Å². The highest BCUT2D eigenvalue weighted by Gasteiger charge is 2.51. The zero-order valence-electron chi connectivity index (χ0n) is 20.2. The lowest BCUT2D eigenvalue weighted by Crippen LogP contribution is -2.48. The zero-order chi connectivity index (χ0) is 28.5. The number of sulfonamides is 1. The summed E-state index contributed by atoms with van der Waals surface area (Å²) < 4.78 is 103. The summed E-state index contributed by atoms with van der Waals surface area (Å²) in [6.45, 7) is 2.06. The molecule has 1 aromatic carbocycles. The minimum absolute atomic E-state index is 0.0244. The van der Waals surface area contributed by atoms with E-state index in [4.69, 9.17) is 4.74 Å². The van der Waals surface area contributed by atoms with Crippen molar-refractivity contribution >= 4 is 33.4 Å². The normalized spacial score (nSPS) is 16.0. The van der Waals surface area contributed by atoms with Crippen LogP contribution in [-0.2, 0) is 26.0 Å². The molecule has 0 radical (unpaired) electrons. The average Bonchev–Trinajstić information content (AvgIpc) is 3.24. The van der Waals surface area contributed by atoms with Crippen LogP contribution in [0.15, 0.2) is 29.3 Å². The maximum Gasteiger partial charge on any atom is 0.427 e. The first kappa shape index (κ1) is 28.9. The predicted molar refractivity (Wildman–Crippen MR) is 123 cm³/mol. The van der Waals surface area contributed by atoms with E-state index >= 15 is 0 Å². The van der Waals surface area contributed by atoms with Crippen molar-refractivity contribution in [2.75, 3.05) is 22.7 Å². The Morgan fingerprint density at radius 3 is 2.58 bits per heavy atom. The number of nitrogens with zero attached hydrogens (tertiary/aromatic N) is 2. The van der Waals surface area contributed by atoms with Gasteiger partial charge in [0.1, 0.15) is 16.7 Å². The van der Waals surface area contributed by atoms with E-state index in [0.717, 1.165) is 16.6 Å². The number of rotatable bonds is 8. The Bertz CT molecular complexity index is 1300. The van der Waals surface area contributed by atoms with Gasteiger partial charge in [-0.25, -0.2) is 22.0 Å². The number of anilines is 2. The maximum atomic E-state index is 13.6. The number of halogens is 5. The van der Waals surface area contributed by atoms with E-state index in [1.165, 1.54) is 19.1 Å². The summed E-state index contributed by atoms with van der Waals surface area (Å²) in [7, 11) is -4.55. The number of amides is 2. The van der Waals surface area contributed by atoms with E-state index in [1.807, 2.05) is 0 Å². The van der Waals surface area contributed by atoms with E-state index < -0.39 is 57.6 Å². The molecule has 1 aromatic heterocycles. The molecule has 2 heterocycles. The standard InChI is InChI=1S/C21H24F5N5O6S/c1-11(32)27-8-13-10-31(38(34,35)17-9-28-30-14(17)7-18(22)23)15-6-12(4-5-16(15)36-13)29-19(33)37-20(2,3)21(24,25)26/h4-6,9,13,18H,7-8,10H2,1-3H3,(H,27,32)(H,28,30)(H,29,33). The second-order valence-corrected chi connectivity index (χ2v) is 10.6. The number of aromatic amines is 1. The molecule has 0 spiro atoms. The van der Waals surface area contributed by atoms with Crippen molar-refractivity contribution in [3.8, 4) is 5.75 Å². The van der Waals surface area contributed by atoms with Gasteiger partial charge < -0.3 is 14.8 Å². The highest BCUT2D eigenvalue weighted by molar-refractivity contribution is 7.92. The SMILES string of the molecule is CC(=O)NCC1CN(S(=O)(=O)c2cn[nH]c2CC(F)F)c2cc(NC(=O)OC(C)(C)C(F)(F)F)ccc2O1. The molecule has 1 aliphatic heterocycles. The minimum Gasteiger partial charge on any atom is -0.484 e. The molecule has 17 heteroatoms. The number of hydrogen-bond donors (Lipinski definition) is 3. The number of aromatic nitrogens is 2. The van der Waals surface area contributed by atoms with E-state index in [9.17, 15) is 40.0 Å². The Balaban J connectivity index is 1.97. The third-order valence-corrected chi connectivity index (χ3v) is 7.19. The summed E-state index contributed by atoms with van der Waals surface area (Å²) >= 11 is 0. The quantitative estimate of drug-likeness (QED) is 0.415. The molecule has 38 heavy (non-hydrogen) atoms. The van der Waals surface area contributed by atoms with Gasteiger partial charge >= 0.3 is 12.3 Å². The van der Waals surface area contributed by atoms with Crippen LogP contribution in [0.25, 0.3) is 0 Å². The van der Waals surface area contributed by atoms with Crippen molar-refractivity contribution in [1.29, 1.82) is 0 Å². The fourth-order valence-corrected chi connectivity index (χ4v) is 4.99. The second kappa shape index (κ2) is 10.6.